The first-order chi connectivity index (χ1) is 20.7. The molecule has 41 heavy (non-hydrogen) atoms. The number of anilines is 2. The van der Waals surface area contributed by atoms with Gasteiger partial charge in [-0.15, -0.1) is 0 Å². The second-order valence-corrected chi connectivity index (χ2v) is 12.1. The summed E-state index contributed by atoms with van der Waals surface area (Å²) in [6.07, 6.45) is -4.31. The van der Waals surface area contributed by atoms with Gasteiger partial charge >= 0.3 is 12.2 Å². The van der Waals surface area contributed by atoms with Crippen molar-refractivity contribution in [1.29, 1.82) is 0 Å². The van der Waals surface area contributed by atoms with Crippen LogP contribution in [0.25, 0.3) is 0 Å². The van der Waals surface area contributed by atoms with Crippen LogP contribution in [0, 0.1) is 0 Å². The molecule has 0 saturated carbocycles. The van der Waals surface area contributed by atoms with E-state index in [9.17, 15) is 22.7 Å². The number of phenols is 1. The second-order valence-electron chi connectivity index (χ2n) is 11.7. The highest BCUT2D eigenvalue weighted by Crippen LogP contribution is 2.45. The summed E-state index contributed by atoms with van der Waals surface area (Å²) in [7, 11) is 0. The van der Waals surface area contributed by atoms with Crippen molar-refractivity contribution < 1.29 is 31.5 Å². The lowest BCUT2D eigenvalue weighted by molar-refractivity contribution is -0.137. The molecule has 0 radical (unpaired) electrons. The molecule has 2 bridgehead atoms. The van der Waals surface area contributed by atoms with Gasteiger partial charge in [-0.2, -0.15) is 23.1 Å². The van der Waals surface area contributed by atoms with Crippen molar-refractivity contribution in [3.8, 4) is 11.8 Å². The van der Waals surface area contributed by atoms with Crippen LogP contribution in [-0.2, 0) is 19.1 Å². The van der Waals surface area contributed by atoms with Gasteiger partial charge in [-0.25, -0.2) is 4.39 Å². The Kier molecular flexibility index (Phi) is 5.85. The van der Waals surface area contributed by atoms with Crippen LogP contribution in [-0.4, -0.2) is 83.0 Å². The minimum Gasteiger partial charge on any atom is -0.508 e. The minimum atomic E-state index is -4.78. The second kappa shape index (κ2) is 10.0. The lowest BCUT2D eigenvalue weighted by Gasteiger charge is -2.47. The standard InChI is InChI=1S/C28H33ClF4N6O2/c29-21-8-19(40)9-23(24(21)28(31,32)33)37-7-4-20-22(14-37)35-26(36-25(20)39-13-17-2-3-18(39)11-34-17)41-15-27-5-1-6-38(27)12-16(30)10-27/h8-9,16-18,34,40H,1-7,10-15H2/t16-,17?,18?,27+/m1/s1/i15D2,16D. The average Bonchev–Trinajstić information content (AvgIpc) is 3.45. The van der Waals surface area contributed by atoms with Crippen LogP contribution in [0.5, 0.6) is 11.8 Å². The number of fused-ring (bicyclic) bond motifs is 5. The van der Waals surface area contributed by atoms with E-state index in [1.54, 1.807) is 4.90 Å². The molecule has 13 heteroatoms. The average molecular weight is 600 g/mol. The number of ether oxygens (including phenoxy) is 1. The van der Waals surface area contributed by atoms with Gasteiger partial charge < -0.3 is 25.0 Å². The number of rotatable bonds is 5. The number of alkyl halides is 4. The summed E-state index contributed by atoms with van der Waals surface area (Å²) >= 11 is 5.97. The Morgan fingerprint density at radius 1 is 1.24 bits per heavy atom. The Labute approximate surface area is 244 Å². The molecule has 2 N–H and O–H groups in total. The van der Waals surface area contributed by atoms with Gasteiger partial charge in [0, 0.05) is 56.3 Å². The van der Waals surface area contributed by atoms with Crippen molar-refractivity contribution in [1.82, 2.24) is 20.2 Å². The maximum atomic E-state index is 14.9. The molecule has 8 nitrogen and oxygen atoms in total. The lowest BCUT2D eigenvalue weighted by Crippen LogP contribution is -2.61. The first kappa shape index (κ1) is 23.9. The monoisotopic (exact) mass is 599 g/mol. The number of piperazine rings is 1. The maximum Gasteiger partial charge on any atom is 0.419 e. The van der Waals surface area contributed by atoms with Gasteiger partial charge in [0.15, 0.2) is 0 Å². The van der Waals surface area contributed by atoms with E-state index in [1.807, 2.05) is 0 Å². The molecule has 2 aromatic rings. The molecule has 6 aliphatic heterocycles. The number of benzene rings is 1. The van der Waals surface area contributed by atoms with Crippen molar-refractivity contribution in [3.05, 3.63) is 34.0 Å². The molecule has 7 heterocycles. The fourth-order valence-electron chi connectivity index (χ4n) is 7.19. The molecule has 8 rings (SSSR count). The number of hydrogen-bond donors (Lipinski definition) is 2. The third kappa shape index (κ3) is 4.85. The highest BCUT2D eigenvalue weighted by molar-refractivity contribution is 6.32. The largest absolute Gasteiger partial charge is 0.508 e. The number of nitrogens with zero attached hydrogens (tertiary/aromatic N) is 5. The molecule has 0 spiro atoms. The lowest BCUT2D eigenvalue weighted by atomic mass is 9.92. The van der Waals surface area contributed by atoms with Crippen LogP contribution in [0.2, 0.25) is 5.02 Å². The minimum absolute atomic E-state index is 0.0924. The van der Waals surface area contributed by atoms with Gasteiger partial charge in [0.05, 0.1) is 38.2 Å². The quantitative estimate of drug-likeness (QED) is 0.493. The zero-order valence-corrected chi connectivity index (χ0v) is 23.0. The third-order valence-corrected chi connectivity index (χ3v) is 9.42. The predicted molar refractivity (Wildman–Crippen MR) is 146 cm³/mol. The van der Waals surface area contributed by atoms with E-state index in [2.05, 4.69) is 15.2 Å². The van der Waals surface area contributed by atoms with Crippen LogP contribution in [0.3, 0.4) is 0 Å². The van der Waals surface area contributed by atoms with E-state index < -0.39 is 40.8 Å². The molecule has 5 saturated heterocycles. The number of hydrogen-bond acceptors (Lipinski definition) is 8. The Hall–Kier alpha value is -2.57. The number of aromatic hydroxyl groups is 1. The molecule has 1 aromatic heterocycles. The van der Waals surface area contributed by atoms with Crippen LogP contribution in [0.4, 0.5) is 29.1 Å². The first-order valence-corrected chi connectivity index (χ1v) is 14.4. The molecular formula is C28H33ClF4N6O2. The molecule has 5 fully saturated rings. The van der Waals surface area contributed by atoms with E-state index in [0.717, 1.165) is 37.1 Å². The summed E-state index contributed by atoms with van der Waals surface area (Å²) in [6, 6.07) is 1.97. The van der Waals surface area contributed by atoms with Gasteiger partial charge in [-0.3, -0.25) is 4.90 Å². The Balaban J connectivity index is 1.29. The molecule has 4 atom stereocenters. The maximum absolute atomic E-state index is 14.9. The normalized spacial score (nSPS) is 32.9. The van der Waals surface area contributed by atoms with Crippen molar-refractivity contribution in [2.75, 3.05) is 49.1 Å². The van der Waals surface area contributed by atoms with Crippen molar-refractivity contribution in [2.45, 2.75) is 75.0 Å². The topological polar surface area (TPSA) is 77.0 Å². The Bertz CT molecular complexity index is 1480. The van der Waals surface area contributed by atoms with E-state index in [4.69, 9.17) is 25.4 Å². The number of nitrogens with one attached hydrogen (secondary N) is 1. The van der Waals surface area contributed by atoms with Crippen LogP contribution in [0.15, 0.2) is 12.1 Å². The van der Waals surface area contributed by atoms with Crippen molar-refractivity contribution in [2.24, 2.45) is 0 Å². The third-order valence-electron chi connectivity index (χ3n) is 9.12. The van der Waals surface area contributed by atoms with E-state index in [0.29, 0.717) is 43.9 Å². The number of phenolic OH excluding ortho intramolecular Hbond substituents is 1. The molecule has 0 aliphatic carbocycles. The summed E-state index contributed by atoms with van der Waals surface area (Å²) in [5, 5.41) is 13.0. The van der Waals surface area contributed by atoms with Crippen LogP contribution in [0.1, 0.15) is 53.0 Å². The van der Waals surface area contributed by atoms with Crippen molar-refractivity contribution >= 4 is 23.1 Å². The van der Waals surface area contributed by atoms with Crippen molar-refractivity contribution in [3.63, 3.8) is 0 Å². The zero-order chi connectivity index (χ0) is 31.2. The van der Waals surface area contributed by atoms with E-state index >= 15 is 0 Å². The molecule has 222 valence electrons. The van der Waals surface area contributed by atoms with Gasteiger partial charge in [-0.1, -0.05) is 11.6 Å². The summed E-state index contributed by atoms with van der Waals surface area (Å²) in [5.74, 6) is 0.158. The fraction of sp³-hybridized carbons (Fsp3) is 0.643. The zero-order valence-electron chi connectivity index (χ0n) is 25.3. The summed E-state index contributed by atoms with van der Waals surface area (Å²) < 4.78 is 89.1. The number of piperidine rings is 2. The van der Waals surface area contributed by atoms with E-state index in [-0.39, 0.29) is 49.8 Å². The highest BCUT2D eigenvalue weighted by Gasteiger charge is 2.49. The summed E-state index contributed by atoms with van der Waals surface area (Å²) in [4.78, 5) is 14.5. The molecule has 2 unspecified atom stereocenters. The van der Waals surface area contributed by atoms with Gasteiger partial charge in [0.2, 0.25) is 0 Å². The Morgan fingerprint density at radius 3 is 2.83 bits per heavy atom. The molecule has 1 aromatic carbocycles. The summed E-state index contributed by atoms with van der Waals surface area (Å²) in [5.41, 5.74) is -1.59. The van der Waals surface area contributed by atoms with Crippen LogP contribution < -0.4 is 19.9 Å². The SMILES string of the molecule is [2H]C([2H])(Oc1nc2c(c(N3CC4CCC3CN4)n1)CCN(c1cc(O)cc(Cl)c1C(F)(F)F)C2)[C@@]12CCCN1C[C@]([2H])(F)C2. The predicted octanol–water partition coefficient (Wildman–Crippen LogP) is 4.31. The molecule has 0 amide bonds. The van der Waals surface area contributed by atoms with Gasteiger partial charge in [0.25, 0.3) is 0 Å². The Morgan fingerprint density at radius 2 is 2.10 bits per heavy atom. The molecule has 6 aliphatic rings. The van der Waals surface area contributed by atoms with Gasteiger partial charge in [0.1, 0.15) is 24.3 Å². The fourth-order valence-corrected chi connectivity index (χ4v) is 7.51. The smallest absolute Gasteiger partial charge is 0.419 e. The van der Waals surface area contributed by atoms with Crippen LogP contribution >= 0.6 is 11.6 Å². The van der Waals surface area contributed by atoms with E-state index in [1.165, 1.54) is 4.90 Å². The summed E-state index contributed by atoms with van der Waals surface area (Å²) in [6.45, 7) is -0.758. The number of aromatic nitrogens is 2. The first-order valence-electron chi connectivity index (χ1n) is 15.5. The molecular weight excluding hydrogens is 564 g/mol. The number of halogens is 5. The van der Waals surface area contributed by atoms with Gasteiger partial charge in [-0.05, 0) is 44.7 Å². The highest BCUT2D eigenvalue weighted by atomic mass is 35.5.